The molecule has 4 rings (SSSR count). The standard InChI is InChI=1S/C25H34N6O2/c1-33-18-29-24(22-4-2-3-10-27-22)20-8-14-31(15-9-20)25(32)21-6-12-30(13-7-21)17-19-5-11-28-23(26)16-19/h2-5,10-11,16,20-21H,6-9,12-15,17-18H2,1H3,(H2,26,28)/b29-24+. The van der Waals surface area contributed by atoms with Crippen LogP contribution in [0.25, 0.3) is 0 Å². The number of nitrogen functional groups attached to an aromatic ring is 1. The Kier molecular flexibility index (Phi) is 8.01. The molecule has 2 N–H and O–H groups in total. The summed E-state index contributed by atoms with van der Waals surface area (Å²) in [5.74, 6) is 1.29. The van der Waals surface area contributed by atoms with E-state index in [1.807, 2.05) is 30.3 Å². The maximum Gasteiger partial charge on any atom is 0.225 e. The van der Waals surface area contributed by atoms with Crippen molar-refractivity contribution in [3.8, 4) is 0 Å². The SMILES string of the molecule is COC/N=C(/c1ccccn1)C1CCN(C(=O)C2CCN(Cc3ccnc(N)c3)CC2)CC1. The van der Waals surface area contributed by atoms with Crippen LogP contribution in [0.4, 0.5) is 5.82 Å². The summed E-state index contributed by atoms with van der Waals surface area (Å²) in [4.78, 5) is 30.9. The minimum absolute atomic E-state index is 0.123. The highest BCUT2D eigenvalue weighted by Gasteiger charge is 2.32. The molecule has 0 unspecified atom stereocenters. The quantitative estimate of drug-likeness (QED) is 0.652. The van der Waals surface area contributed by atoms with Crippen molar-refractivity contribution in [1.29, 1.82) is 0 Å². The number of likely N-dealkylation sites (tertiary alicyclic amines) is 2. The third kappa shape index (κ3) is 6.15. The molecule has 1 amide bonds. The number of ether oxygens (including phenoxy) is 1. The number of rotatable bonds is 7. The first-order valence-corrected chi connectivity index (χ1v) is 11.8. The zero-order chi connectivity index (χ0) is 23.0. The number of hydrogen-bond acceptors (Lipinski definition) is 7. The second-order valence-electron chi connectivity index (χ2n) is 8.92. The molecule has 33 heavy (non-hydrogen) atoms. The zero-order valence-electron chi connectivity index (χ0n) is 19.4. The van der Waals surface area contributed by atoms with Crippen molar-refractivity contribution in [2.24, 2.45) is 16.8 Å². The predicted octanol–water partition coefficient (Wildman–Crippen LogP) is 2.60. The number of piperidine rings is 2. The Morgan fingerprint density at radius 2 is 1.82 bits per heavy atom. The van der Waals surface area contributed by atoms with E-state index in [-0.39, 0.29) is 5.92 Å². The van der Waals surface area contributed by atoms with Crippen LogP contribution in [0.5, 0.6) is 0 Å². The van der Waals surface area contributed by atoms with Crippen LogP contribution in [-0.2, 0) is 16.1 Å². The van der Waals surface area contributed by atoms with Gasteiger partial charge in [-0.15, -0.1) is 0 Å². The van der Waals surface area contributed by atoms with Gasteiger partial charge in [0.05, 0.1) is 11.4 Å². The van der Waals surface area contributed by atoms with Crippen molar-refractivity contribution < 1.29 is 9.53 Å². The first-order chi connectivity index (χ1) is 16.1. The molecular formula is C25H34N6O2. The lowest BCUT2D eigenvalue weighted by Gasteiger charge is -2.37. The molecule has 0 bridgehead atoms. The fourth-order valence-electron chi connectivity index (χ4n) is 4.89. The Hall–Kier alpha value is -2.84. The maximum absolute atomic E-state index is 13.2. The molecule has 176 valence electrons. The molecule has 8 nitrogen and oxygen atoms in total. The van der Waals surface area contributed by atoms with Crippen LogP contribution in [-0.4, -0.2) is 71.4 Å². The lowest BCUT2D eigenvalue weighted by atomic mass is 9.88. The van der Waals surface area contributed by atoms with Crippen LogP contribution >= 0.6 is 0 Å². The number of methoxy groups -OCH3 is 1. The molecule has 2 aliphatic heterocycles. The van der Waals surface area contributed by atoms with Gasteiger partial charge in [0, 0.05) is 51.0 Å². The van der Waals surface area contributed by atoms with Crippen LogP contribution in [0, 0.1) is 11.8 Å². The number of carbonyl (C=O) groups excluding carboxylic acids is 1. The summed E-state index contributed by atoms with van der Waals surface area (Å²) in [6, 6.07) is 9.83. The summed E-state index contributed by atoms with van der Waals surface area (Å²) in [6.45, 7) is 4.61. The lowest BCUT2D eigenvalue weighted by molar-refractivity contribution is -0.138. The van der Waals surface area contributed by atoms with Crippen molar-refractivity contribution in [3.63, 3.8) is 0 Å². The maximum atomic E-state index is 13.2. The molecule has 2 aromatic rings. The second kappa shape index (κ2) is 11.3. The number of nitrogens with zero attached hydrogens (tertiary/aromatic N) is 5. The molecule has 2 fully saturated rings. The fraction of sp³-hybridized carbons (Fsp3) is 0.520. The van der Waals surface area contributed by atoms with Gasteiger partial charge in [-0.3, -0.25) is 19.7 Å². The Bertz CT molecular complexity index is 935. The molecule has 0 atom stereocenters. The Labute approximate surface area is 195 Å². The Balaban J connectivity index is 1.28. The Morgan fingerprint density at radius 3 is 2.48 bits per heavy atom. The van der Waals surface area contributed by atoms with Crippen molar-refractivity contribution in [2.75, 3.05) is 45.8 Å². The van der Waals surface area contributed by atoms with E-state index in [0.29, 0.717) is 24.4 Å². The first kappa shape index (κ1) is 23.3. The number of carbonyl (C=O) groups is 1. The van der Waals surface area contributed by atoms with Gasteiger partial charge in [0.15, 0.2) is 0 Å². The van der Waals surface area contributed by atoms with Gasteiger partial charge in [0.25, 0.3) is 0 Å². The second-order valence-corrected chi connectivity index (χ2v) is 8.92. The third-order valence-electron chi connectivity index (χ3n) is 6.67. The number of nitrogens with two attached hydrogens (primary N) is 1. The number of pyridine rings is 2. The smallest absolute Gasteiger partial charge is 0.225 e. The highest BCUT2D eigenvalue weighted by Crippen LogP contribution is 2.26. The zero-order valence-corrected chi connectivity index (χ0v) is 19.4. The minimum atomic E-state index is 0.123. The summed E-state index contributed by atoms with van der Waals surface area (Å²) in [6.07, 6.45) is 7.19. The number of amides is 1. The van der Waals surface area contributed by atoms with Gasteiger partial charge in [0.2, 0.25) is 5.91 Å². The lowest BCUT2D eigenvalue weighted by Crippen LogP contribution is -2.46. The fourth-order valence-corrected chi connectivity index (χ4v) is 4.89. The largest absolute Gasteiger partial charge is 0.384 e. The van der Waals surface area contributed by atoms with E-state index in [4.69, 9.17) is 10.5 Å². The van der Waals surface area contributed by atoms with Gasteiger partial charge in [-0.2, -0.15) is 0 Å². The van der Waals surface area contributed by atoms with Gasteiger partial charge < -0.3 is 15.4 Å². The first-order valence-electron chi connectivity index (χ1n) is 11.8. The molecule has 0 aromatic carbocycles. The van der Waals surface area contributed by atoms with Crippen molar-refractivity contribution in [2.45, 2.75) is 32.2 Å². The van der Waals surface area contributed by atoms with Gasteiger partial charge >= 0.3 is 0 Å². The molecule has 0 spiro atoms. The van der Waals surface area contributed by atoms with E-state index in [1.54, 1.807) is 19.5 Å². The van der Waals surface area contributed by atoms with E-state index in [1.165, 1.54) is 5.56 Å². The highest BCUT2D eigenvalue weighted by molar-refractivity contribution is 6.00. The molecule has 0 saturated carbocycles. The van der Waals surface area contributed by atoms with Gasteiger partial charge in [-0.05, 0) is 68.6 Å². The topological polar surface area (TPSA) is 96.9 Å². The molecule has 0 aliphatic carbocycles. The Morgan fingerprint density at radius 1 is 1.06 bits per heavy atom. The number of hydrogen-bond donors (Lipinski definition) is 1. The van der Waals surface area contributed by atoms with Gasteiger partial charge in [0.1, 0.15) is 12.5 Å². The van der Waals surface area contributed by atoms with E-state index in [2.05, 4.69) is 24.8 Å². The van der Waals surface area contributed by atoms with Crippen molar-refractivity contribution in [1.82, 2.24) is 19.8 Å². The summed E-state index contributed by atoms with van der Waals surface area (Å²) in [5, 5.41) is 0. The van der Waals surface area contributed by atoms with Crippen LogP contribution in [0.15, 0.2) is 47.7 Å². The molecule has 2 aromatic heterocycles. The highest BCUT2D eigenvalue weighted by atomic mass is 16.5. The molecule has 2 saturated heterocycles. The van der Waals surface area contributed by atoms with Crippen LogP contribution in [0.3, 0.4) is 0 Å². The van der Waals surface area contributed by atoms with Crippen LogP contribution in [0.1, 0.15) is 36.9 Å². The summed E-state index contributed by atoms with van der Waals surface area (Å²) in [5.41, 5.74) is 8.87. The molecule has 4 heterocycles. The number of anilines is 1. The molecule has 2 aliphatic rings. The number of aromatic nitrogens is 2. The number of aliphatic imine (C=N–C) groups is 1. The third-order valence-corrected chi connectivity index (χ3v) is 6.67. The summed E-state index contributed by atoms with van der Waals surface area (Å²) < 4.78 is 5.18. The normalized spacial score (nSPS) is 19.1. The van der Waals surface area contributed by atoms with Crippen LogP contribution in [0.2, 0.25) is 0 Å². The monoisotopic (exact) mass is 450 g/mol. The summed E-state index contributed by atoms with van der Waals surface area (Å²) in [7, 11) is 1.65. The minimum Gasteiger partial charge on any atom is -0.384 e. The van der Waals surface area contributed by atoms with Gasteiger partial charge in [-0.1, -0.05) is 6.07 Å². The van der Waals surface area contributed by atoms with E-state index >= 15 is 0 Å². The van der Waals surface area contributed by atoms with Gasteiger partial charge in [-0.25, -0.2) is 4.98 Å². The predicted molar refractivity (Wildman–Crippen MR) is 129 cm³/mol. The van der Waals surface area contributed by atoms with E-state index in [9.17, 15) is 4.79 Å². The van der Waals surface area contributed by atoms with Crippen molar-refractivity contribution in [3.05, 3.63) is 54.0 Å². The summed E-state index contributed by atoms with van der Waals surface area (Å²) >= 11 is 0. The molecule has 0 radical (unpaired) electrons. The molecular weight excluding hydrogens is 416 g/mol. The average Bonchev–Trinajstić information content (AvgIpc) is 2.85. The van der Waals surface area contributed by atoms with Crippen LogP contribution < -0.4 is 5.73 Å². The molecule has 8 heteroatoms. The average molecular weight is 451 g/mol. The van der Waals surface area contributed by atoms with E-state index < -0.39 is 0 Å². The van der Waals surface area contributed by atoms with Crippen molar-refractivity contribution >= 4 is 17.4 Å². The van der Waals surface area contributed by atoms with E-state index in [0.717, 1.165) is 69.8 Å².